The summed E-state index contributed by atoms with van der Waals surface area (Å²) in [5.41, 5.74) is 0. The van der Waals surface area contributed by atoms with E-state index in [1.165, 1.54) is 0 Å². The molecule has 0 bridgehead atoms. The first-order valence-electron chi connectivity index (χ1n) is 2.58. The van der Waals surface area contributed by atoms with Gasteiger partial charge in [-0.25, -0.2) is 4.79 Å². The molecule has 0 heterocycles. The highest BCUT2D eigenvalue weighted by Crippen LogP contribution is 1.88. The molecule has 0 aromatic carbocycles. The van der Waals surface area contributed by atoms with Crippen LogP contribution in [-0.2, 0) is 9.53 Å². The summed E-state index contributed by atoms with van der Waals surface area (Å²) in [7, 11) is 0. The van der Waals surface area contributed by atoms with Gasteiger partial charge in [0.2, 0.25) is 0 Å². The topological polar surface area (TPSA) is 46.5 Å². The maximum atomic E-state index is 10.2. The van der Waals surface area contributed by atoms with E-state index in [1.807, 2.05) is 0 Å². The van der Waals surface area contributed by atoms with Crippen molar-refractivity contribution in [3.05, 3.63) is 0 Å². The van der Waals surface area contributed by atoms with Crippen LogP contribution in [0.15, 0.2) is 0 Å². The van der Waals surface area contributed by atoms with Crippen molar-refractivity contribution in [1.29, 1.82) is 0 Å². The van der Waals surface area contributed by atoms with Crippen LogP contribution in [-0.4, -0.2) is 29.7 Å². The Kier molecular flexibility index (Phi) is 4.73. The number of terminal acetylenes is 1. The summed E-state index contributed by atoms with van der Waals surface area (Å²) in [5.74, 6) is 0.967. The van der Waals surface area contributed by atoms with Gasteiger partial charge >= 0.3 is 5.97 Å². The van der Waals surface area contributed by atoms with E-state index in [-0.39, 0.29) is 12.5 Å². The zero-order chi connectivity index (χ0) is 7.98. The van der Waals surface area contributed by atoms with Crippen molar-refractivity contribution < 1.29 is 14.6 Å². The van der Waals surface area contributed by atoms with Crippen LogP contribution in [0.4, 0.5) is 0 Å². The van der Waals surface area contributed by atoms with E-state index < -0.39 is 12.1 Å². The van der Waals surface area contributed by atoms with Crippen molar-refractivity contribution in [2.75, 3.05) is 12.5 Å². The van der Waals surface area contributed by atoms with Crippen LogP contribution in [0, 0.1) is 12.3 Å². The van der Waals surface area contributed by atoms with Gasteiger partial charge in [-0.3, -0.25) is 0 Å². The molecule has 56 valence electrons. The second kappa shape index (κ2) is 5.10. The molecule has 0 saturated carbocycles. The van der Waals surface area contributed by atoms with Gasteiger partial charge in [-0.15, -0.1) is 18.0 Å². The molecule has 3 nitrogen and oxygen atoms in total. The van der Waals surface area contributed by atoms with Gasteiger partial charge in [0, 0.05) is 5.92 Å². The molecule has 0 radical (unpaired) electrons. The summed E-state index contributed by atoms with van der Waals surface area (Å²) in [5, 5.41) is 8.72. The fraction of sp³-hybridized carbons (Fsp3) is 0.500. The highest BCUT2D eigenvalue weighted by molar-refractivity contribution is 6.18. The average molecular weight is 163 g/mol. The van der Waals surface area contributed by atoms with Gasteiger partial charge in [0.05, 0.1) is 5.88 Å². The molecule has 1 atom stereocenters. The Labute approximate surface area is 63.9 Å². The number of hydrogen-bond acceptors (Lipinski definition) is 3. The first kappa shape index (κ1) is 9.28. The molecule has 0 unspecified atom stereocenters. The van der Waals surface area contributed by atoms with Gasteiger partial charge in [0.1, 0.15) is 12.7 Å². The van der Waals surface area contributed by atoms with Gasteiger partial charge in [-0.1, -0.05) is 0 Å². The van der Waals surface area contributed by atoms with E-state index in [2.05, 4.69) is 11.2 Å². The number of aliphatic hydroxyl groups excluding tert-OH is 1. The molecule has 4 heteroatoms. The lowest BCUT2D eigenvalue weighted by atomic mass is 10.4. The third-order valence-electron chi connectivity index (χ3n) is 0.703. The maximum absolute atomic E-state index is 10.2. The van der Waals surface area contributed by atoms with Crippen LogP contribution in [0.2, 0.25) is 0 Å². The minimum absolute atomic E-state index is 0.0256. The van der Waals surface area contributed by atoms with Crippen molar-refractivity contribution >= 4 is 17.6 Å². The van der Waals surface area contributed by atoms with E-state index >= 15 is 0 Å². The van der Waals surface area contributed by atoms with Gasteiger partial charge in [-0.05, 0) is 0 Å². The Morgan fingerprint density at radius 1 is 1.90 bits per heavy atom. The van der Waals surface area contributed by atoms with E-state index in [9.17, 15) is 4.79 Å². The number of halogens is 1. The summed E-state index contributed by atoms with van der Waals surface area (Å²) in [6.45, 7) is -0.146. The van der Waals surface area contributed by atoms with E-state index in [0.29, 0.717) is 0 Å². The molecule has 1 N–H and O–H groups in total. The molecule has 10 heavy (non-hydrogen) atoms. The summed E-state index contributed by atoms with van der Waals surface area (Å²) < 4.78 is 4.33. The molecule has 0 aromatic rings. The van der Waals surface area contributed by atoms with Crippen molar-refractivity contribution in [3.8, 4) is 12.3 Å². The third-order valence-corrected chi connectivity index (χ3v) is 1.06. The van der Waals surface area contributed by atoms with E-state index in [1.54, 1.807) is 5.92 Å². The van der Waals surface area contributed by atoms with Crippen LogP contribution in [0.25, 0.3) is 0 Å². The number of carbonyl (C=O) groups excluding carboxylic acids is 1. The third kappa shape index (κ3) is 4.19. The van der Waals surface area contributed by atoms with Crippen LogP contribution in [0.1, 0.15) is 0 Å². The van der Waals surface area contributed by atoms with Crippen molar-refractivity contribution in [2.45, 2.75) is 6.10 Å². The average Bonchev–Trinajstić information content (AvgIpc) is 1.99. The highest BCUT2D eigenvalue weighted by atomic mass is 35.5. The lowest BCUT2D eigenvalue weighted by Crippen LogP contribution is -2.18. The minimum atomic E-state index is -0.834. The SMILES string of the molecule is C#CC(=O)OC[C@H](O)CCl. The van der Waals surface area contributed by atoms with Crippen molar-refractivity contribution in [3.63, 3.8) is 0 Å². The summed E-state index contributed by atoms with van der Waals surface area (Å²) >= 11 is 5.19. The number of alkyl halides is 1. The Hall–Kier alpha value is -0.720. The standard InChI is InChI=1S/C6H7ClO3/c1-2-6(9)10-4-5(8)3-7/h1,5,8H,3-4H2/t5-/m1/s1. The Morgan fingerprint density at radius 3 is 2.90 bits per heavy atom. The van der Waals surface area contributed by atoms with E-state index in [0.717, 1.165) is 0 Å². The molecule has 0 aliphatic rings. The van der Waals surface area contributed by atoms with Crippen LogP contribution in [0.5, 0.6) is 0 Å². The number of esters is 1. The molecule has 0 rings (SSSR count). The number of carbonyl (C=O) groups is 1. The zero-order valence-corrected chi connectivity index (χ0v) is 5.97. The van der Waals surface area contributed by atoms with Gasteiger partial charge in [0.25, 0.3) is 0 Å². The highest BCUT2D eigenvalue weighted by Gasteiger charge is 2.03. The molecule has 0 aromatic heterocycles. The largest absolute Gasteiger partial charge is 0.453 e. The molecule has 0 aliphatic heterocycles. The normalized spacial score (nSPS) is 11.7. The van der Waals surface area contributed by atoms with Crippen molar-refractivity contribution in [1.82, 2.24) is 0 Å². The molecule has 0 fully saturated rings. The first-order valence-corrected chi connectivity index (χ1v) is 3.11. The number of ether oxygens (including phenoxy) is 1. The zero-order valence-electron chi connectivity index (χ0n) is 5.21. The molecule has 0 saturated heterocycles. The second-order valence-corrected chi connectivity index (χ2v) is 1.86. The maximum Gasteiger partial charge on any atom is 0.384 e. The van der Waals surface area contributed by atoms with E-state index in [4.69, 9.17) is 16.7 Å². The Balaban J connectivity index is 3.37. The number of rotatable bonds is 3. The molecule has 0 amide bonds. The van der Waals surface area contributed by atoms with Gasteiger partial charge < -0.3 is 9.84 Å². The van der Waals surface area contributed by atoms with Gasteiger partial charge in [-0.2, -0.15) is 0 Å². The molecule has 0 spiro atoms. The number of aliphatic hydroxyl groups is 1. The Morgan fingerprint density at radius 2 is 2.50 bits per heavy atom. The summed E-state index contributed by atoms with van der Waals surface area (Å²) in [4.78, 5) is 10.2. The fourth-order valence-electron chi connectivity index (χ4n) is 0.258. The summed E-state index contributed by atoms with van der Waals surface area (Å²) in [6, 6.07) is 0. The molecule has 0 aliphatic carbocycles. The predicted molar refractivity (Wildman–Crippen MR) is 36.5 cm³/mol. The second-order valence-electron chi connectivity index (χ2n) is 1.55. The van der Waals surface area contributed by atoms with Crippen LogP contribution < -0.4 is 0 Å². The minimum Gasteiger partial charge on any atom is -0.453 e. The van der Waals surface area contributed by atoms with Gasteiger partial charge in [0.15, 0.2) is 0 Å². The fourth-order valence-corrected chi connectivity index (χ4v) is 0.347. The van der Waals surface area contributed by atoms with Crippen LogP contribution in [0.3, 0.4) is 0 Å². The lowest BCUT2D eigenvalue weighted by Gasteiger charge is -2.04. The van der Waals surface area contributed by atoms with Crippen molar-refractivity contribution in [2.24, 2.45) is 0 Å². The quantitative estimate of drug-likeness (QED) is 0.270. The predicted octanol–water partition coefficient (Wildman–Crippen LogP) is -0.237. The molecular formula is C6H7ClO3. The first-order chi connectivity index (χ1) is 4.70. The summed E-state index contributed by atoms with van der Waals surface area (Å²) in [6.07, 6.45) is 3.83. The van der Waals surface area contributed by atoms with Crippen LogP contribution >= 0.6 is 11.6 Å². The Bertz CT molecular complexity index is 150. The number of hydrogen-bond donors (Lipinski definition) is 1. The smallest absolute Gasteiger partial charge is 0.384 e. The molecular weight excluding hydrogens is 156 g/mol. The monoisotopic (exact) mass is 162 g/mol. The lowest BCUT2D eigenvalue weighted by molar-refractivity contribution is -0.139.